The molecule has 1 aromatic carbocycles. The van der Waals surface area contributed by atoms with Crippen LogP contribution in [0.4, 0.5) is 0 Å². The molecule has 19 heavy (non-hydrogen) atoms. The van der Waals surface area contributed by atoms with Crippen molar-refractivity contribution >= 4 is 0 Å². The van der Waals surface area contributed by atoms with Crippen LogP contribution in [-0.4, -0.2) is 31.1 Å². The van der Waals surface area contributed by atoms with Crippen LogP contribution < -0.4 is 0 Å². The summed E-state index contributed by atoms with van der Waals surface area (Å²) < 4.78 is 6.55. The Kier molecular flexibility index (Phi) is 2.89. The summed E-state index contributed by atoms with van der Waals surface area (Å²) in [6.07, 6.45) is 6.13. The predicted molar refractivity (Wildman–Crippen MR) is 76.3 cm³/mol. The minimum absolute atomic E-state index is 0.373. The molecule has 0 aromatic heterocycles. The molecule has 2 nitrogen and oxygen atoms in total. The van der Waals surface area contributed by atoms with Gasteiger partial charge in [-0.15, -0.1) is 0 Å². The average molecular weight is 257 g/mol. The van der Waals surface area contributed by atoms with E-state index in [0.717, 1.165) is 12.5 Å². The summed E-state index contributed by atoms with van der Waals surface area (Å²) >= 11 is 0. The van der Waals surface area contributed by atoms with Gasteiger partial charge in [-0.2, -0.15) is 0 Å². The van der Waals surface area contributed by atoms with E-state index in [0.29, 0.717) is 18.1 Å². The lowest BCUT2D eigenvalue weighted by Crippen LogP contribution is -2.46. The molecule has 0 amide bonds. The van der Waals surface area contributed by atoms with Gasteiger partial charge in [0, 0.05) is 12.5 Å². The molecule has 0 radical (unpaired) electrons. The third-order valence-electron chi connectivity index (χ3n) is 5.36. The van der Waals surface area contributed by atoms with Gasteiger partial charge >= 0.3 is 0 Å². The van der Waals surface area contributed by atoms with Crippen molar-refractivity contribution in [2.75, 3.05) is 20.1 Å². The fraction of sp³-hybridized carbons (Fsp3) is 0.647. The smallest absolute Gasteiger partial charge is 0.0860 e. The van der Waals surface area contributed by atoms with Gasteiger partial charge in [0.15, 0.2) is 0 Å². The topological polar surface area (TPSA) is 12.5 Å². The summed E-state index contributed by atoms with van der Waals surface area (Å²) in [6, 6.07) is 9.06. The van der Waals surface area contributed by atoms with E-state index < -0.39 is 0 Å². The normalized spacial score (nSPS) is 35.3. The second-order valence-corrected chi connectivity index (χ2v) is 6.57. The Morgan fingerprint density at radius 3 is 2.63 bits per heavy atom. The number of ether oxygens (including phenoxy) is 1. The van der Waals surface area contributed by atoms with Crippen molar-refractivity contribution in [2.45, 2.75) is 43.8 Å². The number of piperidine rings is 1. The molecular weight excluding hydrogens is 234 g/mol. The van der Waals surface area contributed by atoms with Gasteiger partial charge < -0.3 is 9.64 Å². The van der Waals surface area contributed by atoms with E-state index in [1.807, 2.05) is 0 Å². The summed E-state index contributed by atoms with van der Waals surface area (Å²) in [4.78, 5) is 2.42. The molecule has 3 atom stereocenters. The molecule has 102 valence electrons. The van der Waals surface area contributed by atoms with Gasteiger partial charge in [0.2, 0.25) is 0 Å². The monoisotopic (exact) mass is 257 g/mol. The average Bonchev–Trinajstić information content (AvgIpc) is 2.36. The predicted octanol–water partition coefficient (Wildman–Crippen LogP) is 3.35. The van der Waals surface area contributed by atoms with Crippen molar-refractivity contribution < 1.29 is 4.74 Å². The first kappa shape index (κ1) is 11.9. The molecule has 4 rings (SSSR count). The highest BCUT2D eigenvalue weighted by molar-refractivity contribution is 5.36. The van der Waals surface area contributed by atoms with E-state index in [1.54, 1.807) is 5.56 Å². The molecular formula is C17H23NO. The van der Waals surface area contributed by atoms with Crippen molar-refractivity contribution in [3.05, 3.63) is 35.4 Å². The van der Waals surface area contributed by atoms with E-state index in [-0.39, 0.29) is 0 Å². The molecule has 2 heterocycles. The van der Waals surface area contributed by atoms with Crippen LogP contribution in [0, 0.1) is 5.92 Å². The van der Waals surface area contributed by atoms with Crippen LogP contribution in [0.2, 0.25) is 0 Å². The number of nitrogens with zero attached hydrogens (tertiary/aromatic N) is 1. The summed E-state index contributed by atoms with van der Waals surface area (Å²) in [5.41, 5.74) is 3.08. The quantitative estimate of drug-likeness (QED) is 0.765. The van der Waals surface area contributed by atoms with E-state index in [4.69, 9.17) is 4.74 Å². The molecule has 2 fully saturated rings. The highest BCUT2D eigenvalue weighted by Crippen LogP contribution is 2.48. The van der Waals surface area contributed by atoms with E-state index in [1.165, 1.54) is 37.8 Å². The minimum Gasteiger partial charge on any atom is -0.368 e. The third kappa shape index (κ3) is 1.93. The van der Waals surface area contributed by atoms with Crippen molar-refractivity contribution in [1.82, 2.24) is 4.90 Å². The van der Waals surface area contributed by atoms with Gasteiger partial charge in [0.05, 0.1) is 12.2 Å². The van der Waals surface area contributed by atoms with Crippen LogP contribution in [0.1, 0.15) is 48.8 Å². The van der Waals surface area contributed by atoms with Crippen LogP contribution in [-0.2, 0) is 4.74 Å². The van der Waals surface area contributed by atoms with Crippen molar-refractivity contribution in [3.8, 4) is 0 Å². The lowest BCUT2D eigenvalue weighted by molar-refractivity contribution is -0.106. The molecule has 3 aliphatic rings. The lowest BCUT2D eigenvalue weighted by atomic mass is 9.73. The van der Waals surface area contributed by atoms with E-state index in [9.17, 15) is 0 Å². The van der Waals surface area contributed by atoms with E-state index >= 15 is 0 Å². The number of benzene rings is 1. The number of fused-ring (bicyclic) bond motifs is 3. The molecule has 1 unspecified atom stereocenters. The van der Waals surface area contributed by atoms with Gasteiger partial charge in [-0.1, -0.05) is 30.7 Å². The standard InChI is InChI=1S/C17H23NO/c1-18-10-9-14-13-7-2-3-8-15(13)17(12-5-4-6-12)19-16(14)11-18/h2-3,7-8,12,14,16-17H,4-6,9-11H2,1H3/t14-,16-,17?/m0/s1. The highest BCUT2D eigenvalue weighted by Gasteiger charge is 2.42. The molecule has 0 spiro atoms. The Hall–Kier alpha value is -0.860. The Labute approximate surface area is 115 Å². The molecule has 0 bridgehead atoms. The summed E-state index contributed by atoms with van der Waals surface area (Å²) in [5, 5.41) is 0. The van der Waals surface area contributed by atoms with Crippen LogP contribution in [0.5, 0.6) is 0 Å². The summed E-state index contributed by atoms with van der Waals surface area (Å²) in [5.74, 6) is 1.40. The number of rotatable bonds is 1. The Morgan fingerprint density at radius 2 is 1.89 bits per heavy atom. The molecule has 1 aromatic rings. The van der Waals surface area contributed by atoms with Crippen molar-refractivity contribution in [2.24, 2.45) is 5.92 Å². The third-order valence-corrected chi connectivity index (χ3v) is 5.36. The SMILES string of the molecule is CN1CC[C@H]2c3ccccc3C(C3CCC3)O[C@H]2C1. The number of likely N-dealkylation sites (tertiary alicyclic amines) is 1. The molecule has 2 heteroatoms. The Balaban J connectivity index is 1.71. The molecule has 1 aliphatic carbocycles. The number of hydrogen-bond donors (Lipinski definition) is 0. The zero-order chi connectivity index (χ0) is 12.8. The van der Waals surface area contributed by atoms with Gasteiger partial charge in [-0.3, -0.25) is 0 Å². The van der Waals surface area contributed by atoms with Crippen molar-refractivity contribution in [3.63, 3.8) is 0 Å². The van der Waals surface area contributed by atoms with Crippen LogP contribution in [0.3, 0.4) is 0 Å². The first-order valence-electron chi connectivity index (χ1n) is 7.76. The van der Waals surface area contributed by atoms with Crippen LogP contribution in [0.25, 0.3) is 0 Å². The maximum absolute atomic E-state index is 6.55. The lowest BCUT2D eigenvalue weighted by Gasteiger charge is -2.47. The van der Waals surface area contributed by atoms with Gasteiger partial charge in [-0.25, -0.2) is 0 Å². The first-order chi connectivity index (χ1) is 9.33. The highest BCUT2D eigenvalue weighted by atomic mass is 16.5. The van der Waals surface area contributed by atoms with Crippen LogP contribution >= 0.6 is 0 Å². The zero-order valence-corrected chi connectivity index (χ0v) is 11.7. The van der Waals surface area contributed by atoms with Crippen molar-refractivity contribution in [1.29, 1.82) is 0 Å². The summed E-state index contributed by atoms with van der Waals surface area (Å²) in [6.45, 7) is 2.30. The molecule has 0 N–H and O–H groups in total. The maximum Gasteiger partial charge on any atom is 0.0860 e. The minimum atomic E-state index is 0.373. The molecule has 1 saturated carbocycles. The fourth-order valence-electron chi connectivity index (χ4n) is 4.04. The number of hydrogen-bond acceptors (Lipinski definition) is 2. The van der Waals surface area contributed by atoms with Gasteiger partial charge in [0.25, 0.3) is 0 Å². The maximum atomic E-state index is 6.55. The second kappa shape index (κ2) is 4.60. The zero-order valence-electron chi connectivity index (χ0n) is 11.7. The fourth-order valence-corrected chi connectivity index (χ4v) is 4.04. The largest absolute Gasteiger partial charge is 0.368 e. The van der Waals surface area contributed by atoms with Crippen LogP contribution in [0.15, 0.2) is 24.3 Å². The van der Waals surface area contributed by atoms with E-state index in [2.05, 4.69) is 36.2 Å². The second-order valence-electron chi connectivity index (χ2n) is 6.57. The molecule has 1 saturated heterocycles. The first-order valence-corrected chi connectivity index (χ1v) is 7.76. The molecule has 2 aliphatic heterocycles. The Bertz CT molecular complexity index is 468. The van der Waals surface area contributed by atoms with Gasteiger partial charge in [0.1, 0.15) is 0 Å². The van der Waals surface area contributed by atoms with Gasteiger partial charge in [-0.05, 0) is 49.9 Å². The summed E-state index contributed by atoms with van der Waals surface area (Å²) in [7, 11) is 2.22. The number of likely N-dealkylation sites (N-methyl/N-ethyl adjacent to an activating group) is 1. The Morgan fingerprint density at radius 1 is 1.11 bits per heavy atom.